The first-order chi connectivity index (χ1) is 9.61. The standard InChI is InChI=1S/C17H27FN2/c1-13-7-8-17(11-14(13)2)20(10-4-9-19)16-6-3-5-15(18)12-16/h3,5-6,12-14,17H,4,7-11,19H2,1-2H3. The molecule has 0 aromatic heterocycles. The van der Waals surface area contributed by atoms with Gasteiger partial charge in [-0.15, -0.1) is 0 Å². The molecule has 1 aliphatic carbocycles. The maximum atomic E-state index is 13.5. The molecule has 1 aliphatic rings. The van der Waals surface area contributed by atoms with Gasteiger partial charge in [-0.05, 0) is 62.3 Å². The van der Waals surface area contributed by atoms with Crippen molar-refractivity contribution in [1.82, 2.24) is 0 Å². The molecule has 2 rings (SSSR count). The van der Waals surface area contributed by atoms with E-state index in [-0.39, 0.29) is 5.82 Å². The Bertz CT molecular complexity index is 421. The average Bonchev–Trinajstić information content (AvgIpc) is 2.43. The smallest absolute Gasteiger partial charge is 0.125 e. The minimum absolute atomic E-state index is 0.155. The minimum Gasteiger partial charge on any atom is -0.368 e. The highest BCUT2D eigenvalue weighted by Gasteiger charge is 2.28. The van der Waals surface area contributed by atoms with Crippen LogP contribution in [0.3, 0.4) is 0 Å². The number of nitrogens with zero attached hydrogens (tertiary/aromatic N) is 1. The van der Waals surface area contributed by atoms with E-state index in [1.54, 1.807) is 12.1 Å². The maximum absolute atomic E-state index is 13.5. The molecule has 3 unspecified atom stereocenters. The Hall–Kier alpha value is -1.09. The van der Waals surface area contributed by atoms with E-state index < -0.39 is 0 Å². The quantitative estimate of drug-likeness (QED) is 0.887. The zero-order valence-electron chi connectivity index (χ0n) is 12.7. The Balaban J connectivity index is 2.15. The summed E-state index contributed by atoms with van der Waals surface area (Å²) in [5.41, 5.74) is 6.67. The number of hydrogen-bond acceptors (Lipinski definition) is 2. The SMILES string of the molecule is CC1CCC(N(CCCN)c2cccc(F)c2)CC1C. The van der Waals surface area contributed by atoms with Crippen molar-refractivity contribution in [1.29, 1.82) is 0 Å². The maximum Gasteiger partial charge on any atom is 0.125 e. The monoisotopic (exact) mass is 278 g/mol. The fraction of sp³-hybridized carbons (Fsp3) is 0.647. The van der Waals surface area contributed by atoms with E-state index in [9.17, 15) is 4.39 Å². The van der Waals surface area contributed by atoms with Crippen LogP contribution in [-0.4, -0.2) is 19.1 Å². The van der Waals surface area contributed by atoms with Crippen LogP contribution < -0.4 is 10.6 Å². The molecule has 1 fully saturated rings. The van der Waals surface area contributed by atoms with Crippen LogP contribution in [0.2, 0.25) is 0 Å². The van der Waals surface area contributed by atoms with E-state index in [0.717, 1.165) is 30.5 Å². The Kier molecular flexibility index (Phi) is 5.41. The number of halogens is 1. The van der Waals surface area contributed by atoms with Gasteiger partial charge in [-0.2, -0.15) is 0 Å². The fourth-order valence-electron chi connectivity index (χ4n) is 3.24. The van der Waals surface area contributed by atoms with Gasteiger partial charge in [0.25, 0.3) is 0 Å². The van der Waals surface area contributed by atoms with Crippen LogP contribution in [0.15, 0.2) is 24.3 Å². The normalized spacial score (nSPS) is 26.5. The molecule has 0 bridgehead atoms. The molecule has 0 heterocycles. The Morgan fingerprint density at radius 2 is 2.05 bits per heavy atom. The van der Waals surface area contributed by atoms with E-state index in [1.165, 1.54) is 25.3 Å². The third kappa shape index (κ3) is 3.72. The second kappa shape index (κ2) is 7.07. The van der Waals surface area contributed by atoms with Gasteiger partial charge in [-0.3, -0.25) is 0 Å². The van der Waals surface area contributed by atoms with Crippen molar-refractivity contribution >= 4 is 5.69 Å². The van der Waals surface area contributed by atoms with Gasteiger partial charge in [0.1, 0.15) is 5.82 Å². The Morgan fingerprint density at radius 3 is 2.70 bits per heavy atom. The topological polar surface area (TPSA) is 29.3 Å². The van der Waals surface area contributed by atoms with Crippen LogP contribution in [0.25, 0.3) is 0 Å². The summed E-state index contributed by atoms with van der Waals surface area (Å²) in [5.74, 6) is 1.38. The highest BCUT2D eigenvalue weighted by Crippen LogP contribution is 2.34. The van der Waals surface area contributed by atoms with Crippen molar-refractivity contribution in [3.63, 3.8) is 0 Å². The van der Waals surface area contributed by atoms with E-state index in [1.807, 2.05) is 6.07 Å². The number of rotatable bonds is 5. The molecule has 2 N–H and O–H groups in total. The molecule has 1 saturated carbocycles. The van der Waals surface area contributed by atoms with E-state index >= 15 is 0 Å². The molecule has 112 valence electrons. The Morgan fingerprint density at radius 1 is 1.25 bits per heavy atom. The summed E-state index contributed by atoms with van der Waals surface area (Å²) in [5, 5.41) is 0. The van der Waals surface area contributed by atoms with Crippen LogP contribution in [0.4, 0.5) is 10.1 Å². The lowest BCUT2D eigenvalue weighted by molar-refractivity contribution is 0.243. The molecule has 1 aromatic carbocycles. The molecule has 20 heavy (non-hydrogen) atoms. The van der Waals surface area contributed by atoms with Crippen molar-refractivity contribution in [2.24, 2.45) is 17.6 Å². The molecule has 0 amide bonds. The third-order valence-electron chi connectivity index (χ3n) is 4.75. The Labute approximate surface area is 122 Å². The van der Waals surface area contributed by atoms with Crippen molar-refractivity contribution < 1.29 is 4.39 Å². The van der Waals surface area contributed by atoms with Crippen molar-refractivity contribution in [2.75, 3.05) is 18.0 Å². The molecule has 0 spiro atoms. The van der Waals surface area contributed by atoms with E-state index in [4.69, 9.17) is 5.73 Å². The van der Waals surface area contributed by atoms with Crippen LogP contribution in [0, 0.1) is 17.7 Å². The summed E-state index contributed by atoms with van der Waals surface area (Å²) < 4.78 is 13.5. The van der Waals surface area contributed by atoms with Crippen molar-refractivity contribution in [2.45, 2.75) is 45.6 Å². The first-order valence-corrected chi connectivity index (χ1v) is 7.84. The van der Waals surface area contributed by atoms with Gasteiger partial charge < -0.3 is 10.6 Å². The first-order valence-electron chi connectivity index (χ1n) is 7.84. The van der Waals surface area contributed by atoms with Crippen LogP contribution in [-0.2, 0) is 0 Å². The largest absolute Gasteiger partial charge is 0.368 e. The molecule has 3 heteroatoms. The molecule has 0 aliphatic heterocycles. The number of hydrogen-bond donors (Lipinski definition) is 1. The molecule has 3 atom stereocenters. The molecule has 0 radical (unpaired) electrons. The number of nitrogens with two attached hydrogens (primary N) is 1. The van der Waals surface area contributed by atoms with Gasteiger partial charge in [0.2, 0.25) is 0 Å². The molecule has 0 saturated heterocycles. The molecular formula is C17H27FN2. The predicted octanol–water partition coefficient (Wildman–Crippen LogP) is 3.81. The molecular weight excluding hydrogens is 251 g/mol. The summed E-state index contributed by atoms with van der Waals surface area (Å²) in [6, 6.07) is 7.50. The lowest BCUT2D eigenvalue weighted by Crippen LogP contribution is -2.41. The fourth-order valence-corrected chi connectivity index (χ4v) is 3.24. The zero-order valence-corrected chi connectivity index (χ0v) is 12.7. The lowest BCUT2D eigenvalue weighted by Gasteiger charge is -2.40. The highest BCUT2D eigenvalue weighted by atomic mass is 19.1. The minimum atomic E-state index is -0.155. The van der Waals surface area contributed by atoms with Crippen molar-refractivity contribution in [3.8, 4) is 0 Å². The van der Waals surface area contributed by atoms with Gasteiger partial charge in [0, 0.05) is 18.3 Å². The van der Waals surface area contributed by atoms with Crippen molar-refractivity contribution in [3.05, 3.63) is 30.1 Å². The summed E-state index contributed by atoms with van der Waals surface area (Å²) >= 11 is 0. The van der Waals surface area contributed by atoms with Gasteiger partial charge in [-0.25, -0.2) is 4.39 Å². The van der Waals surface area contributed by atoms with Crippen LogP contribution in [0.5, 0.6) is 0 Å². The second-order valence-electron chi connectivity index (χ2n) is 6.24. The molecule has 1 aromatic rings. The van der Waals surface area contributed by atoms with E-state index in [0.29, 0.717) is 12.6 Å². The first kappa shape index (κ1) is 15.3. The van der Waals surface area contributed by atoms with Crippen LogP contribution in [0.1, 0.15) is 39.5 Å². The molecule has 2 nitrogen and oxygen atoms in total. The summed E-state index contributed by atoms with van der Waals surface area (Å²) in [6.07, 6.45) is 4.62. The van der Waals surface area contributed by atoms with Gasteiger partial charge in [0.05, 0.1) is 0 Å². The summed E-state index contributed by atoms with van der Waals surface area (Å²) in [6.45, 7) is 6.28. The number of anilines is 1. The summed E-state index contributed by atoms with van der Waals surface area (Å²) in [4.78, 5) is 2.37. The zero-order chi connectivity index (χ0) is 14.5. The number of benzene rings is 1. The van der Waals surface area contributed by atoms with E-state index in [2.05, 4.69) is 18.7 Å². The third-order valence-corrected chi connectivity index (χ3v) is 4.75. The van der Waals surface area contributed by atoms with Gasteiger partial charge in [-0.1, -0.05) is 19.9 Å². The lowest BCUT2D eigenvalue weighted by atomic mass is 9.78. The highest BCUT2D eigenvalue weighted by molar-refractivity contribution is 5.47. The summed E-state index contributed by atoms with van der Waals surface area (Å²) in [7, 11) is 0. The van der Waals surface area contributed by atoms with Gasteiger partial charge >= 0.3 is 0 Å². The average molecular weight is 278 g/mol. The second-order valence-corrected chi connectivity index (χ2v) is 6.24. The van der Waals surface area contributed by atoms with Gasteiger partial charge in [0.15, 0.2) is 0 Å². The predicted molar refractivity (Wildman–Crippen MR) is 83.4 cm³/mol. The van der Waals surface area contributed by atoms with Crippen LogP contribution >= 0.6 is 0 Å².